The second-order valence-electron chi connectivity index (χ2n) is 5.62. The van der Waals surface area contributed by atoms with Crippen molar-refractivity contribution < 1.29 is 9.66 Å². The molecule has 5 nitrogen and oxygen atoms in total. The molecule has 0 unspecified atom stereocenters. The van der Waals surface area contributed by atoms with Crippen molar-refractivity contribution in [2.75, 3.05) is 0 Å². The molecule has 0 saturated carbocycles. The highest BCUT2D eigenvalue weighted by atomic mass is 79.9. The van der Waals surface area contributed by atoms with Crippen LogP contribution in [0.25, 0.3) is 0 Å². The van der Waals surface area contributed by atoms with Crippen LogP contribution in [0.1, 0.15) is 11.1 Å². The Labute approximate surface area is 173 Å². The molecule has 0 amide bonds. The van der Waals surface area contributed by atoms with Crippen LogP contribution in [0.15, 0.2) is 80.7 Å². The summed E-state index contributed by atoms with van der Waals surface area (Å²) in [6, 6.07) is 19.8. The fraction of sp³-hybridized carbons (Fsp3) is 0.0500. The van der Waals surface area contributed by atoms with Crippen molar-refractivity contribution >= 4 is 49.4 Å². The van der Waals surface area contributed by atoms with Gasteiger partial charge in [-0.2, -0.15) is 0 Å². The molecule has 3 aromatic rings. The number of hydrogen-bond donors (Lipinski definition) is 0. The van der Waals surface area contributed by atoms with E-state index < -0.39 is 4.92 Å². The van der Waals surface area contributed by atoms with Crippen LogP contribution in [0.4, 0.5) is 11.4 Å². The number of nitro benzene ring substituents is 1. The molecule has 0 aliphatic heterocycles. The fourth-order valence-corrected chi connectivity index (χ4v) is 3.78. The van der Waals surface area contributed by atoms with Gasteiger partial charge in [-0.25, -0.2) is 0 Å². The Kier molecular flexibility index (Phi) is 6.36. The Morgan fingerprint density at radius 1 is 1.00 bits per heavy atom. The van der Waals surface area contributed by atoms with E-state index in [0.717, 1.165) is 25.8 Å². The van der Waals surface area contributed by atoms with E-state index in [4.69, 9.17) is 4.74 Å². The van der Waals surface area contributed by atoms with Crippen LogP contribution in [0.5, 0.6) is 5.75 Å². The third-order valence-corrected chi connectivity index (χ3v) is 4.85. The smallest absolute Gasteiger partial charge is 0.269 e. The van der Waals surface area contributed by atoms with Gasteiger partial charge in [0.25, 0.3) is 5.69 Å². The van der Waals surface area contributed by atoms with Crippen molar-refractivity contribution in [3.63, 3.8) is 0 Å². The molecule has 3 aromatic carbocycles. The second-order valence-corrected chi connectivity index (χ2v) is 7.33. The topological polar surface area (TPSA) is 64.7 Å². The first kappa shape index (κ1) is 19.3. The first-order chi connectivity index (χ1) is 13.0. The molecular formula is C20H14Br2N2O3. The Hall–Kier alpha value is -2.51. The van der Waals surface area contributed by atoms with Gasteiger partial charge in [-0.05, 0) is 79.4 Å². The standard InChI is InChI=1S/C20H14Br2N2O3/c21-18-10-15(12-23-16-4-2-1-3-5-16)11-19(22)20(18)27-13-14-6-8-17(9-7-14)24(25)26/h1-12H,13H2. The van der Waals surface area contributed by atoms with E-state index in [1.54, 1.807) is 18.3 Å². The average Bonchev–Trinajstić information content (AvgIpc) is 2.67. The highest BCUT2D eigenvalue weighted by Crippen LogP contribution is 2.35. The number of halogens is 2. The lowest BCUT2D eigenvalue weighted by Crippen LogP contribution is -1.98. The van der Waals surface area contributed by atoms with E-state index in [-0.39, 0.29) is 5.69 Å². The molecule has 0 aliphatic carbocycles. The largest absolute Gasteiger partial charge is 0.487 e. The average molecular weight is 490 g/mol. The summed E-state index contributed by atoms with van der Waals surface area (Å²) < 4.78 is 7.43. The number of rotatable bonds is 6. The molecule has 0 heterocycles. The molecule has 7 heteroatoms. The van der Waals surface area contributed by atoms with E-state index in [1.165, 1.54) is 12.1 Å². The van der Waals surface area contributed by atoms with Crippen molar-refractivity contribution in [1.29, 1.82) is 0 Å². The Balaban J connectivity index is 1.71. The van der Waals surface area contributed by atoms with Gasteiger partial charge in [0.1, 0.15) is 12.4 Å². The maximum Gasteiger partial charge on any atom is 0.269 e. The number of para-hydroxylation sites is 1. The summed E-state index contributed by atoms with van der Waals surface area (Å²) in [6.45, 7) is 0.298. The van der Waals surface area contributed by atoms with Crippen LogP contribution in [-0.4, -0.2) is 11.1 Å². The molecule has 0 radical (unpaired) electrons. The molecule has 0 N–H and O–H groups in total. The Morgan fingerprint density at radius 2 is 1.63 bits per heavy atom. The second kappa shape index (κ2) is 8.92. The summed E-state index contributed by atoms with van der Waals surface area (Å²) in [4.78, 5) is 14.7. The van der Waals surface area contributed by atoms with E-state index in [0.29, 0.717) is 12.4 Å². The normalized spacial score (nSPS) is 10.9. The number of benzene rings is 3. The van der Waals surface area contributed by atoms with E-state index in [1.807, 2.05) is 42.5 Å². The van der Waals surface area contributed by atoms with Gasteiger partial charge in [0.15, 0.2) is 0 Å². The fourth-order valence-electron chi connectivity index (χ4n) is 2.32. The van der Waals surface area contributed by atoms with Gasteiger partial charge in [0, 0.05) is 18.3 Å². The van der Waals surface area contributed by atoms with Crippen molar-refractivity contribution in [3.8, 4) is 5.75 Å². The predicted octanol–water partition coefficient (Wildman–Crippen LogP) is 6.45. The Bertz CT molecular complexity index is 951. The van der Waals surface area contributed by atoms with Crippen LogP contribution < -0.4 is 4.74 Å². The molecule has 0 fully saturated rings. The van der Waals surface area contributed by atoms with Gasteiger partial charge in [-0.15, -0.1) is 0 Å². The maximum atomic E-state index is 10.7. The van der Waals surface area contributed by atoms with Crippen molar-refractivity contribution in [1.82, 2.24) is 0 Å². The van der Waals surface area contributed by atoms with Gasteiger partial charge < -0.3 is 4.74 Å². The highest BCUT2D eigenvalue weighted by Gasteiger charge is 2.10. The molecule has 0 saturated heterocycles. The summed E-state index contributed by atoms with van der Waals surface area (Å²) in [6.07, 6.45) is 1.78. The molecular weight excluding hydrogens is 476 g/mol. The SMILES string of the molecule is O=[N+]([O-])c1ccc(COc2c(Br)cc(C=Nc3ccccc3)cc2Br)cc1. The number of aliphatic imine (C=N–C) groups is 1. The summed E-state index contributed by atoms with van der Waals surface area (Å²) in [7, 11) is 0. The molecule has 27 heavy (non-hydrogen) atoms. The van der Waals surface area contributed by atoms with Crippen LogP contribution in [-0.2, 0) is 6.61 Å². The molecule has 0 spiro atoms. The lowest BCUT2D eigenvalue weighted by Gasteiger charge is -2.11. The summed E-state index contributed by atoms with van der Waals surface area (Å²) in [5, 5.41) is 10.7. The van der Waals surface area contributed by atoms with Gasteiger partial charge >= 0.3 is 0 Å². The number of nitrogens with zero attached hydrogens (tertiary/aromatic N) is 2. The van der Waals surface area contributed by atoms with E-state index >= 15 is 0 Å². The lowest BCUT2D eigenvalue weighted by atomic mass is 10.2. The van der Waals surface area contributed by atoms with Crippen LogP contribution in [0, 0.1) is 10.1 Å². The van der Waals surface area contributed by atoms with Gasteiger partial charge in [0.05, 0.1) is 19.6 Å². The first-order valence-electron chi connectivity index (χ1n) is 7.97. The van der Waals surface area contributed by atoms with Crippen molar-refractivity contribution in [3.05, 3.63) is 96.9 Å². The number of nitro groups is 1. The molecule has 0 bridgehead atoms. The summed E-state index contributed by atoms with van der Waals surface area (Å²) in [5.41, 5.74) is 2.70. The van der Waals surface area contributed by atoms with E-state index in [9.17, 15) is 10.1 Å². The zero-order valence-corrected chi connectivity index (χ0v) is 17.2. The predicted molar refractivity (Wildman–Crippen MR) is 113 cm³/mol. The molecule has 136 valence electrons. The number of hydrogen-bond acceptors (Lipinski definition) is 4. The first-order valence-corrected chi connectivity index (χ1v) is 9.56. The van der Waals surface area contributed by atoms with Crippen LogP contribution >= 0.6 is 31.9 Å². The van der Waals surface area contributed by atoms with Gasteiger partial charge in [-0.3, -0.25) is 15.1 Å². The van der Waals surface area contributed by atoms with Crippen molar-refractivity contribution in [2.24, 2.45) is 4.99 Å². The zero-order valence-electron chi connectivity index (χ0n) is 14.0. The Morgan fingerprint density at radius 3 is 2.22 bits per heavy atom. The molecule has 3 rings (SSSR count). The third-order valence-electron chi connectivity index (χ3n) is 3.67. The lowest BCUT2D eigenvalue weighted by molar-refractivity contribution is -0.384. The number of non-ortho nitro benzene ring substituents is 1. The zero-order chi connectivity index (χ0) is 19.2. The van der Waals surface area contributed by atoms with Crippen molar-refractivity contribution in [2.45, 2.75) is 6.61 Å². The van der Waals surface area contributed by atoms with E-state index in [2.05, 4.69) is 36.9 Å². The third kappa shape index (κ3) is 5.24. The molecule has 0 aliphatic rings. The summed E-state index contributed by atoms with van der Waals surface area (Å²) >= 11 is 7.04. The monoisotopic (exact) mass is 488 g/mol. The molecule has 0 aromatic heterocycles. The van der Waals surface area contributed by atoms with Gasteiger partial charge in [-0.1, -0.05) is 18.2 Å². The van der Waals surface area contributed by atoms with Crippen LogP contribution in [0.2, 0.25) is 0 Å². The number of ether oxygens (including phenoxy) is 1. The minimum Gasteiger partial charge on any atom is -0.487 e. The minimum atomic E-state index is -0.423. The maximum absolute atomic E-state index is 10.7. The quantitative estimate of drug-likeness (QED) is 0.227. The highest BCUT2D eigenvalue weighted by molar-refractivity contribution is 9.11. The van der Waals surface area contributed by atoms with Gasteiger partial charge in [0.2, 0.25) is 0 Å². The minimum absolute atomic E-state index is 0.0585. The summed E-state index contributed by atoms with van der Waals surface area (Å²) in [5.74, 6) is 0.658. The molecule has 0 atom stereocenters. The van der Waals surface area contributed by atoms with Crippen LogP contribution in [0.3, 0.4) is 0 Å².